The molecule has 3 rings (SSSR count). The van der Waals surface area contributed by atoms with Crippen LogP contribution in [-0.2, 0) is 13.6 Å². The Morgan fingerprint density at radius 2 is 2.00 bits per heavy atom. The van der Waals surface area contributed by atoms with E-state index in [1.807, 2.05) is 0 Å². The lowest BCUT2D eigenvalue weighted by Crippen LogP contribution is -2.29. The Labute approximate surface area is 183 Å². The highest BCUT2D eigenvalue weighted by Crippen LogP contribution is 2.18. The minimum atomic E-state index is -0.544. The first-order chi connectivity index (χ1) is 15.3. The first-order valence-electron chi connectivity index (χ1n) is 10.6. The summed E-state index contributed by atoms with van der Waals surface area (Å²) in [5.41, 5.74) is 3.46. The number of rotatable bonds is 10. The predicted molar refractivity (Wildman–Crippen MR) is 123 cm³/mol. The van der Waals surface area contributed by atoms with Crippen LogP contribution in [0.1, 0.15) is 51.5 Å². The van der Waals surface area contributed by atoms with Gasteiger partial charge in [-0.25, -0.2) is 10.2 Å². The number of unbranched alkanes of at least 4 members (excludes halogenated alkanes) is 4. The second-order valence-electron chi connectivity index (χ2n) is 7.61. The van der Waals surface area contributed by atoms with Crippen molar-refractivity contribution in [1.82, 2.24) is 19.1 Å². The van der Waals surface area contributed by atoms with Crippen molar-refractivity contribution in [3.05, 3.63) is 60.8 Å². The van der Waals surface area contributed by atoms with Gasteiger partial charge in [-0.2, -0.15) is 10.1 Å². The lowest BCUT2D eigenvalue weighted by Gasteiger charge is -2.09. The van der Waals surface area contributed by atoms with E-state index in [1.165, 1.54) is 16.7 Å². The van der Waals surface area contributed by atoms with E-state index < -0.39 is 16.2 Å². The van der Waals surface area contributed by atoms with E-state index in [4.69, 9.17) is 0 Å². The van der Waals surface area contributed by atoms with Crippen LogP contribution in [0.5, 0.6) is 0 Å². The van der Waals surface area contributed by atoms with Crippen LogP contribution in [0.3, 0.4) is 0 Å². The first-order valence-corrected chi connectivity index (χ1v) is 10.6. The van der Waals surface area contributed by atoms with E-state index in [9.17, 15) is 19.7 Å². The van der Waals surface area contributed by atoms with E-state index in [1.54, 1.807) is 30.7 Å². The normalized spacial score (nSPS) is 11.8. The summed E-state index contributed by atoms with van der Waals surface area (Å²) < 4.78 is 3.01. The van der Waals surface area contributed by atoms with Crippen LogP contribution in [0.15, 0.2) is 39.0 Å². The highest BCUT2D eigenvalue weighted by atomic mass is 16.6. The number of non-ortho nitro benzene ring substituents is 1. The summed E-state index contributed by atoms with van der Waals surface area (Å²) in [4.78, 5) is 41.9. The van der Waals surface area contributed by atoms with E-state index >= 15 is 0 Å². The molecule has 0 saturated heterocycles. The van der Waals surface area contributed by atoms with Crippen LogP contribution in [0.4, 0.5) is 11.6 Å². The fraction of sp³-hybridized carbons (Fsp3) is 0.429. The van der Waals surface area contributed by atoms with Crippen molar-refractivity contribution >= 4 is 28.5 Å². The number of H-pyrrole nitrogens is 1. The Kier molecular flexibility index (Phi) is 7.18. The molecule has 0 bridgehead atoms. The number of imidazole rings is 1. The molecular weight excluding hydrogens is 414 g/mol. The summed E-state index contributed by atoms with van der Waals surface area (Å²) >= 11 is 0. The summed E-state index contributed by atoms with van der Waals surface area (Å²) in [6.07, 6.45) is 5.24. The SMILES string of the molecule is CCCCCCCn1c(NN=C(C)c2cccc([N+](=O)[O-])c2)nc2c1c(=O)[nH]c(=O)n2C. The number of benzene rings is 1. The van der Waals surface area contributed by atoms with Gasteiger partial charge >= 0.3 is 5.69 Å². The Morgan fingerprint density at radius 1 is 1.25 bits per heavy atom. The summed E-state index contributed by atoms with van der Waals surface area (Å²) in [5, 5.41) is 15.4. The molecule has 3 aromatic rings. The number of hydrogen-bond donors (Lipinski definition) is 2. The third-order valence-corrected chi connectivity index (χ3v) is 5.29. The molecule has 2 aromatic heterocycles. The molecule has 0 saturated carbocycles. The molecule has 0 radical (unpaired) electrons. The fourth-order valence-electron chi connectivity index (χ4n) is 3.45. The molecule has 170 valence electrons. The number of hydrazone groups is 1. The molecule has 11 nitrogen and oxygen atoms in total. The van der Waals surface area contributed by atoms with Gasteiger partial charge in [-0.3, -0.25) is 24.5 Å². The van der Waals surface area contributed by atoms with Crippen LogP contribution in [0, 0.1) is 10.1 Å². The second kappa shape index (κ2) is 10.0. The quantitative estimate of drug-likeness (QED) is 0.214. The molecule has 0 aliphatic rings. The first kappa shape index (κ1) is 22.9. The maximum absolute atomic E-state index is 12.5. The molecule has 11 heteroatoms. The number of anilines is 1. The van der Waals surface area contributed by atoms with Gasteiger partial charge in [-0.05, 0) is 13.3 Å². The number of aromatic nitrogens is 4. The van der Waals surface area contributed by atoms with Gasteiger partial charge in [-0.15, -0.1) is 0 Å². The van der Waals surface area contributed by atoms with Crippen LogP contribution in [0.2, 0.25) is 0 Å². The Balaban J connectivity index is 1.95. The van der Waals surface area contributed by atoms with Crippen molar-refractivity contribution in [2.45, 2.75) is 52.5 Å². The summed E-state index contributed by atoms with van der Waals surface area (Å²) in [5.74, 6) is 0.326. The van der Waals surface area contributed by atoms with E-state index in [-0.39, 0.29) is 11.3 Å². The molecule has 0 aliphatic heterocycles. The standard InChI is InChI=1S/C21H27N7O4/c1-4-5-6-7-8-12-27-17-18(26(3)21(30)23-19(17)29)22-20(27)25-24-14(2)15-10-9-11-16(13-15)28(31)32/h9-11,13H,4-8,12H2,1-3H3,(H,22,25)(H,23,29,30). The summed E-state index contributed by atoms with van der Waals surface area (Å²) in [7, 11) is 1.54. The molecule has 1 aromatic carbocycles. The van der Waals surface area contributed by atoms with E-state index in [0.717, 1.165) is 32.1 Å². The minimum Gasteiger partial charge on any atom is -0.303 e. The zero-order valence-electron chi connectivity index (χ0n) is 18.4. The van der Waals surface area contributed by atoms with Gasteiger partial charge in [0.15, 0.2) is 11.2 Å². The fourth-order valence-corrected chi connectivity index (χ4v) is 3.45. The number of aryl methyl sites for hydroxylation is 2. The van der Waals surface area contributed by atoms with Crippen LogP contribution in [0.25, 0.3) is 11.2 Å². The van der Waals surface area contributed by atoms with Gasteiger partial charge in [0.1, 0.15) is 0 Å². The number of nitrogens with one attached hydrogen (secondary N) is 2. The molecule has 0 atom stereocenters. The molecule has 0 unspecified atom stereocenters. The highest BCUT2D eigenvalue weighted by Gasteiger charge is 2.17. The Bertz CT molecular complexity index is 1270. The van der Waals surface area contributed by atoms with Crippen molar-refractivity contribution in [2.75, 3.05) is 5.43 Å². The van der Waals surface area contributed by atoms with Crippen LogP contribution >= 0.6 is 0 Å². The third-order valence-electron chi connectivity index (χ3n) is 5.29. The largest absolute Gasteiger partial charge is 0.329 e. The van der Waals surface area contributed by atoms with Gasteiger partial charge in [0.25, 0.3) is 11.2 Å². The number of aromatic amines is 1. The van der Waals surface area contributed by atoms with E-state index in [2.05, 4.69) is 27.4 Å². The van der Waals surface area contributed by atoms with Crippen molar-refractivity contribution in [2.24, 2.45) is 12.1 Å². The number of hydrogen-bond acceptors (Lipinski definition) is 7. The van der Waals surface area contributed by atoms with E-state index in [0.29, 0.717) is 29.3 Å². The van der Waals surface area contributed by atoms with Gasteiger partial charge in [0.2, 0.25) is 5.95 Å². The third kappa shape index (κ3) is 4.93. The Morgan fingerprint density at radius 3 is 2.72 bits per heavy atom. The molecule has 0 amide bonds. The maximum atomic E-state index is 12.5. The lowest BCUT2D eigenvalue weighted by atomic mass is 10.1. The maximum Gasteiger partial charge on any atom is 0.329 e. The second-order valence-corrected chi connectivity index (χ2v) is 7.61. The number of nitro benzene ring substituents is 1. The minimum absolute atomic E-state index is 0.0297. The monoisotopic (exact) mass is 441 g/mol. The molecular formula is C21H27N7O4. The van der Waals surface area contributed by atoms with Crippen molar-refractivity contribution < 1.29 is 4.92 Å². The zero-order chi connectivity index (χ0) is 23.3. The predicted octanol–water partition coefficient (Wildman–Crippen LogP) is 3.14. The molecule has 2 N–H and O–H groups in total. The summed E-state index contributed by atoms with van der Waals surface area (Å²) in [6.45, 7) is 4.40. The topological polar surface area (TPSA) is 140 Å². The average molecular weight is 441 g/mol. The number of nitro groups is 1. The molecule has 0 aliphatic carbocycles. The number of fused-ring (bicyclic) bond motifs is 1. The zero-order valence-corrected chi connectivity index (χ0v) is 18.4. The summed E-state index contributed by atoms with van der Waals surface area (Å²) in [6, 6.07) is 6.16. The van der Waals surface area contributed by atoms with Gasteiger partial charge in [-0.1, -0.05) is 44.7 Å². The highest BCUT2D eigenvalue weighted by molar-refractivity contribution is 5.99. The molecule has 2 heterocycles. The average Bonchev–Trinajstić information content (AvgIpc) is 3.15. The smallest absolute Gasteiger partial charge is 0.303 e. The van der Waals surface area contributed by atoms with Gasteiger partial charge < -0.3 is 4.57 Å². The molecule has 0 spiro atoms. The van der Waals surface area contributed by atoms with Crippen molar-refractivity contribution in [3.63, 3.8) is 0 Å². The Hall–Kier alpha value is -3.76. The van der Waals surface area contributed by atoms with Crippen molar-refractivity contribution in [1.29, 1.82) is 0 Å². The van der Waals surface area contributed by atoms with Gasteiger partial charge in [0, 0.05) is 31.3 Å². The van der Waals surface area contributed by atoms with Crippen molar-refractivity contribution in [3.8, 4) is 0 Å². The van der Waals surface area contributed by atoms with Crippen LogP contribution < -0.4 is 16.7 Å². The van der Waals surface area contributed by atoms with Gasteiger partial charge in [0.05, 0.1) is 10.6 Å². The molecule has 0 fully saturated rings. The lowest BCUT2D eigenvalue weighted by molar-refractivity contribution is -0.384. The molecule has 32 heavy (non-hydrogen) atoms. The number of nitrogens with zero attached hydrogens (tertiary/aromatic N) is 5. The van der Waals surface area contributed by atoms with Crippen LogP contribution in [-0.4, -0.2) is 29.7 Å².